The fourth-order valence-corrected chi connectivity index (χ4v) is 10.8. The Bertz CT molecular complexity index is 1750. The van der Waals surface area contributed by atoms with Crippen molar-refractivity contribution < 1.29 is 9.53 Å². The van der Waals surface area contributed by atoms with Crippen LogP contribution in [-0.2, 0) is 17.9 Å². The van der Waals surface area contributed by atoms with Crippen LogP contribution in [0, 0.1) is 16.7 Å². The first kappa shape index (κ1) is 31.6. The first-order valence-electron chi connectivity index (χ1n) is 16.9. The van der Waals surface area contributed by atoms with Crippen LogP contribution in [0.5, 0.6) is 0 Å². The highest BCUT2D eigenvalue weighted by molar-refractivity contribution is 7.80. The number of hydrogen-bond acceptors (Lipinski definition) is 2. The molecule has 3 nitrogen and oxygen atoms in total. The van der Waals surface area contributed by atoms with Crippen molar-refractivity contribution in [2.24, 2.45) is 16.7 Å². The summed E-state index contributed by atoms with van der Waals surface area (Å²) in [4.78, 5) is 17.6. The maximum absolute atomic E-state index is 15.4. The summed E-state index contributed by atoms with van der Waals surface area (Å²) in [7, 11) is -0.957. The Morgan fingerprint density at radius 1 is 0.702 bits per heavy atom. The smallest absolute Gasteiger partial charge is 0.255 e. The van der Waals surface area contributed by atoms with Crippen LogP contribution in [0.2, 0.25) is 0 Å². The lowest BCUT2D eigenvalue weighted by Crippen LogP contribution is -2.53. The van der Waals surface area contributed by atoms with Gasteiger partial charge in [-0.25, -0.2) is 0 Å². The summed E-state index contributed by atoms with van der Waals surface area (Å²) in [6.07, 6.45) is 2.12. The molecule has 2 bridgehead atoms. The van der Waals surface area contributed by atoms with Crippen LogP contribution in [0.15, 0.2) is 146 Å². The third-order valence-electron chi connectivity index (χ3n) is 11.2. The molecule has 0 N–H and O–H groups in total. The first-order chi connectivity index (χ1) is 22.9. The quantitative estimate of drug-likeness (QED) is 0.144. The number of carbonyl (C=O) groups is 1. The van der Waals surface area contributed by atoms with E-state index in [1.165, 1.54) is 10.6 Å². The predicted octanol–water partition coefficient (Wildman–Crippen LogP) is 8.50. The maximum Gasteiger partial charge on any atom is 0.255 e. The van der Waals surface area contributed by atoms with Crippen molar-refractivity contribution in [2.75, 3.05) is 0 Å². The lowest BCUT2D eigenvalue weighted by molar-refractivity contribution is -0.0845. The fraction of sp³-hybridized carbons (Fsp3) is 0.279. The van der Waals surface area contributed by atoms with E-state index in [2.05, 4.69) is 153 Å². The van der Waals surface area contributed by atoms with Crippen molar-refractivity contribution in [1.82, 2.24) is 4.90 Å². The summed E-state index contributed by atoms with van der Waals surface area (Å²) in [5.41, 5.74) is 3.06. The van der Waals surface area contributed by atoms with Crippen LogP contribution in [0.4, 0.5) is 0 Å². The topological polar surface area (TPSA) is 29.5 Å². The molecule has 47 heavy (non-hydrogen) atoms. The average molecular weight is 638 g/mol. The van der Waals surface area contributed by atoms with Crippen molar-refractivity contribution in [3.05, 3.63) is 162 Å². The van der Waals surface area contributed by atoms with E-state index in [9.17, 15) is 0 Å². The highest BCUT2D eigenvalue weighted by Gasteiger charge is 2.68. The molecule has 2 saturated carbocycles. The van der Waals surface area contributed by atoms with Gasteiger partial charge < -0.3 is 9.64 Å². The second-order valence-corrected chi connectivity index (χ2v) is 16.1. The van der Waals surface area contributed by atoms with Gasteiger partial charge in [0.05, 0.1) is 18.8 Å². The molecule has 0 heterocycles. The monoisotopic (exact) mass is 637 g/mol. The number of hydrogen-bond donors (Lipinski definition) is 0. The second-order valence-electron chi connectivity index (χ2n) is 13.9. The molecule has 2 aliphatic rings. The molecule has 4 atom stereocenters. The van der Waals surface area contributed by atoms with Gasteiger partial charge in [0.1, 0.15) is 0 Å². The van der Waals surface area contributed by atoms with Gasteiger partial charge in [-0.05, 0) is 65.2 Å². The van der Waals surface area contributed by atoms with Crippen LogP contribution >= 0.6 is 7.92 Å². The molecule has 238 valence electrons. The molecule has 0 radical (unpaired) electrons. The number of amides is 1. The largest absolute Gasteiger partial charge is 0.371 e. The van der Waals surface area contributed by atoms with Gasteiger partial charge in [0.15, 0.2) is 0 Å². The van der Waals surface area contributed by atoms with Crippen LogP contribution in [0.25, 0.3) is 0 Å². The van der Waals surface area contributed by atoms with E-state index in [0.29, 0.717) is 19.1 Å². The van der Waals surface area contributed by atoms with Crippen molar-refractivity contribution in [3.63, 3.8) is 0 Å². The van der Waals surface area contributed by atoms with E-state index in [1.54, 1.807) is 0 Å². The highest BCUT2D eigenvalue weighted by atomic mass is 31.1. The minimum atomic E-state index is -0.957. The molecule has 0 saturated heterocycles. The van der Waals surface area contributed by atoms with Gasteiger partial charge in [0.25, 0.3) is 5.91 Å². The summed E-state index contributed by atoms with van der Waals surface area (Å²) >= 11 is 0. The average Bonchev–Trinajstić information content (AvgIpc) is 3.44. The SMILES string of the molecule is CC1(C)[C@@H]2CC[C@@]1(C)[C@H](OCc1ccccc1)[C@@H]2N(Cc1ccccc1)C(=O)c1ccccc1P(c1ccccc1)c1ccccc1. The Kier molecular flexibility index (Phi) is 8.88. The summed E-state index contributed by atoms with van der Waals surface area (Å²) in [6, 6.07) is 50.6. The molecule has 5 aromatic rings. The minimum Gasteiger partial charge on any atom is -0.371 e. The first-order valence-corrected chi connectivity index (χ1v) is 18.2. The Balaban J connectivity index is 1.34. The molecule has 0 aliphatic heterocycles. The van der Waals surface area contributed by atoms with Gasteiger partial charge in [0.2, 0.25) is 0 Å². The van der Waals surface area contributed by atoms with Crippen molar-refractivity contribution in [3.8, 4) is 0 Å². The Labute approximate surface area is 281 Å². The predicted molar refractivity (Wildman–Crippen MR) is 195 cm³/mol. The summed E-state index contributed by atoms with van der Waals surface area (Å²) in [6.45, 7) is 8.31. The second kappa shape index (κ2) is 13.2. The third-order valence-corrected chi connectivity index (χ3v) is 13.7. The highest BCUT2D eigenvalue weighted by Crippen LogP contribution is 2.67. The molecule has 2 fully saturated rings. The van der Waals surface area contributed by atoms with Crippen molar-refractivity contribution in [1.29, 1.82) is 0 Å². The molecular weight excluding hydrogens is 593 g/mol. The fourth-order valence-electron chi connectivity index (χ4n) is 8.36. The Hall–Kier alpha value is -4.04. The number of ether oxygens (including phenoxy) is 1. The van der Waals surface area contributed by atoms with Gasteiger partial charge in [-0.1, -0.05) is 160 Å². The molecule has 0 aromatic heterocycles. The molecule has 4 heteroatoms. The minimum absolute atomic E-state index is 0.0223. The van der Waals surface area contributed by atoms with E-state index in [1.807, 2.05) is 18.2 Å². The molecule has 5 aromatic carbocycles. The number of benzene rings is 5. The zero-order valence-electron chi connectivity index (χ0n) is 27.6. The lowest BCUT2D eigenvalue weighted by Gasteiger charge is -2.43. The van der Waals surface area contributed by atoms with Crippen molar-refractivity contribution in [2.45, 2.75) is 58.9 Å². The summed E-state index contributed by atoms with van der Waals surface area (Å²) < 4.78 is 7.01. The van der Waals surface area contributed by atoms with Crippen LogP contribution in [-0.4, -0.2) is 23.0 Å². The Morgan fingerprint density at radius 2 is 1.21 bits per heavy atom. The van der Waals surface area contributed by atoms with Gasteiger partial charge >= 0.3 is 0 Å². The van der Waals surface area contributed by atoms with Crippen LogP contribution in [0.1, 0.15) is 55.1 Å². The number of carbonyl (C=O) groups excluding carboxylic acids is 1. The van der Waals surface area contributed by atoms with E-state index < -0.39 is 7.92 Å². The van der Waals surface area contributed by atoms with E-state index in [-0.39, 0.29) is 28.9 Å². The maximum atomic E-state index is 15.4. The van der Waals surface area contributed by atoms with Gasteiger partial charge in [-0.2, -0.15) is 0 Å². The molecule has 7 rings (SSSR count). The normalized spacial score (nSPS) is 22.8. The van der Waals surface area contributed by atoms with E-state index >= 15 is 4.79 Å². The van der Waals surface area contributed by atoms with Gasteiger partial charge in [0, 0.05) is 17.5 Å². The van der Waals surface area contributed by atoms with E-state index in [0.717, 1.165) is 34.8 Å². The third kappa shape index (κ3) is 5.86. The van der Waals surface area contributed by atoms with Crippen LogP contribution < -0.4 is 15.9 Å². The molecule has 2 aliphatic carbocycles. The van der Waals surface area contributed by atoms with Gasteiger partial charge in [-0.15, -0.1) is 0 Å². The zero-order valence-corrected chi connectivity index (χ0v) is 28.5. The standard InChI is InChI=1S/C43H44NO2P/c1-42(2)37-28-29-43(42,3)40(46-31-33-20-10-5-11-21-33)39(37)44(30-32-18-8-4-9-19-32)41(45)36-26-16-17-27-38(36)47(34-22-12-6-13-23-34)35-24-14-7-15-25-35/h4-27,37,39-40H,28-31H2,1-3H3/t37-,39-,40-,43+/m1/s1. The molecule has 1 amide bonds. The van der Waals surface area contributed by atoms with Gasteiger partial charge in [-0.3, -0.25) is 4.79 Å². The van der Waals surface area contributed by atoms with Crippen LogP contribution in [0.3, 0.4) is 0 Å². The summed E-state index contributed by atoms with van der Waals surface area (Å²) in [5.74, 6) is 0.423. The molecule has 0 spiro atoms. The van der Waals surface area contributed by atoms with E-state index in [4.69, 9.17) is 4.74 Å². The number of fused-ring (bicyclic) bond motifs is 2. The number of rotatable bonds is 10. The molecule has 0 unspecified atom stereocenters. The summed E-state index contributed by atoms with van der Waals surface area (Å²) in [5, 5.41) is 3.57. The molecular formula is C43H44NO2P. The Morgan fingerprint density at radius 3 is 1.81 bits per heavy atom. The number of nitrogens with zero attached hydrogens (tertiary/aromatic N) is 1. The van der Waals surface area contributed by atoms with Crippen molar-refractivity contribution >= 4 is 29.7 Å². The zero-order chi connectivity index (χ0) is 32.4. The lowest BCUT2D eigenvalue weighted by atomic mass is 9.70.